The number of fused-ring (bicyclic) bond motifs is 1. The number of anilines is 1. The van der Waals surface area contributed by atoms with Gasteiger partial charge in [0.1, 0.15) is 23.8 Å². The molecule has 0 saturated carbocycles. The maximum absolute atomic E-state index is 14.9. The van der Waals surface area contributed by atoms with Crippen LogP contribution in [-0.4, -0.2) is 81.2 Å². The second kappa shape index (κ2) is 14.2. The van der Waals surface area contributed by atoms with E-state index in [-0.39, 0.29) is 48.9 Å². The van der Waals surface area contributed by atoms with Crippen LogP contribution in [0.5, 0.6) is 5.75 Å². The Balaban J connectivity index is 1.49. The summed E-state index contributed by atoms with van der Waals surface area (Å²) < 4.78 is 14.9. The monoisotopic (exact) mass is 630 g/mol. The molecule has 2 fully saturated rings. The summed E-state index contributed by atoms with van der Waals surface area (Å²) in [7, 11) is 1.69. The maximum atomic E-state index is 14.9. The number of hydrazine groups is 1. The molecule has 46 heavy (non-hydrogen) atoms. The van der Waals surface area contributed by atoms with Crippen molar-refractivity contribution in [3.8, 4) is 5.75 Å². The van der Waals surface area contributed by atoms with Crippen LogP contribution < -0.4 is 10.6 Å². The number of hydrogen-bond acceptors (Lipinski definition) is 6. The van der Waals surface area contributed by atoms with Crippen molar-refractivity contribution in [3.63, 3.8) is 0 Å². The van der Waals surface area contributed by atoms with Gasteiger partial charge in [-0.15, -0.1) is 0 Å². The summed E-state index contributed by atoms with van der Waals surface area (Å²) in [6.07, 6.45) is 1.08. The number of hydrogen-bond donors (Lipinski definition) is 3. The minimum absolute atomic E-state index is 0.0631. The first-order chi connectivity index (χ1) is 22.1. The molecule has 244 valence electrons. The summed E-state index contributed by atoms with van der Waals surface area (Å²) in [5, 5.41) is 19.2. The smallest absolute Gasteiger partial charge is 0.334 e. The van der Waals surface area contributed by atoms with Crippen LogP contribution in [-0.2, 0) is 22.6 Å². The van der Waals surface area contributed by atoms with Crippen molar-refractivity contribution < 1.29 is 23.9 Å². The summed E-state index contributed by atoms with van der Waals surface area (Å²) in [4.78, 5) is 45.0. The summed E-state index contributed by atoms with van der Waals surface area (Å²) >= 11 is 0. The van der Waals surface area contributed by atoms with Crippen LogP contribution in [0.15, 0.2) is 72.8 Å². The molecule has 2 aliphatic rings. The van der Waals surface area contributed by atoms with Crippen LogP contribution in [0.2, 0.25) is 0 Å². The number of halogens is 1. The van der Waals surface area contributed by atoms with Gasteiger partial charge >= 0.3 is 6.03 Å². The molecular weight excluding hydrogens is 587 g/mol. The molecule has 0 aromatic heterocycles. The van der Waals surface area contributed by atoms with Gasteiger partial charge in [0.15, 0.2) is 0 Å². The first-order valence-electron chi connectivity index (χ1n) is 15.9. The summed E-state index contributed by atoms with van der Waals surface area (Å²) in [5.41, 5.74) is 2.79. The second-order valence-corrected chi connectivity index (χ2v) is 12.0. The third kappa shape index (κ3) is 6.94. The number of phenols is 1. The van der Waals surface area contributed by atoms with E-state index < -0.39 is 24.3 Å². The number of rotatable bonds is 10. The quantitative estimate of drug-likeness (QED) is 0.295. The fourth-order valence-electron chi connectivity index (χ4n) is 6.33. The van der Waals surface area contributed by atoms with Crippen molar-refractivity contribution in [1.29, 1.82) is 0 Å². The fourth-order valence-corrected chi connectivity index (χ4v) is 6.33. The zero-order valence-electron chi connectivity index (χ0n) is 26.8. The average molecular weight is 631 g/mol. The van der Waals surface area contributed by atoms with Crippen LogP contribution in [0.3, 0.4) is 0 Å². The van der Waals surface area contributed by atoms with Crippen LogP contribution in [0.4, 0.5) is 14.9 Å². The van der Waals surface area contributed by atoms with E-state index in [2.05, 4.69) is 10.6 Å². The van der Waals surface area contributed by atoms with Gasteiger partial charge in [-0.05, 0) is 60.7 Å². The van der Waals surface area contributed by atoms with Crippen molar-refractivity contribution in [2.45, 2.75) is 70.9 Å². The van der Waals surface area contributed by atoms with Gasteiger partial charge in [-0.3, -0.25) is 9.59 Å². The number of amides is 4. The lowest BCUT2D eigenvalue weighted by Gasteiger charge is -2.55. The SMILES string of the molecule is CCC(CC)Nc1cc([C@H](C)N2C[C@H]3N(C(=O)CN(C)N3C(=O)NCc3ccccc3)[C@@H](Cc3ccc(O)cc3)C2=O)ccc1F. The van der Waals surface area contributed by atoms with Gasteiger partial charge in [0.05, 0.1) is 24.8 Å². The Morgan fingerprint density at radius 3 is 2.37 bits per heavy atom. The molecule has 0 bridgehead atoms. The predicted molar refractivity (Wildman–Crippen MR) is 174 cm³/mol. The largest absolute Gasteiger partial charge is 0.508 e. The molecule has 0 unspecified atom stereocenters. The Hall–Kier alpha value is -4.64. The number of benzene rings is 3. The van der Waals surface area contributed by atoms with E-state index in [1.807, 2.05) is 51.1 Å². The molecule has 0 spiro atoms. The number of likely N-dealkylation sites (N-methyl/N-ethyl adjacent to an activating group) is 1. The Morgan fingerprint density at radius 2 is 1.70 bits per heavy atom. The molecule has 3 aromatic carbocycles. The number of phenolic OH excluding ortho intramolecular Hbond substituents is 1. The van der Waals surface area contributed by atoms with Crippen molar-refractivity contribution in [3.05, 3.63) is 95.3 Å². The standard InChI is InChI=1S/C35H43FN6O4/c1-5-27(6-2)38-30-19-26(14-17-29(30)36)23(3)40-21-32-41(31(34(40)45)18-24-12-15-28(43)16-13-24)33(44)22-39(4)42(32)35(46)37-20-25-10-8-7-9-11-25/h7-17,19,23,27,31-32,38,43H,5-6,18,20-22H2,1-4H3,(H,37,46)/t23-,31-,32-/m0/s1. The van der Waals surface area contributed by atoms with Gasteiger partial charge in [0.2, 0.25) is 11.8 Å². The highest BCUT2D eigenvalue weighted by Gasteiger charge is 2.51. The number of urea groups is 1. The lowest BCUT2D eigenvalue weighted by Crippen LogP contribution is -2.76. The molecule has 0 radical (unpaired) electrons. The van der Waals surface area contributed by atoms with Gasteiger partial charge in [-0.1, -0.05) is 62.4 Å². The topological polar surface area (TPSA) is 108 Å². The van der Waals surface area contributed by atoms with Crippen LogP contribution in [0.25, 0.3) is 0 Å². The van der Waals surface area contributed by atoms with Gasteiger partial charge in [-0.2, -0.15) is 0 Å². The van der Waals surface area contributed by atoms with Crippen LogP contribution >= 0.6 is 0 Å². The van der Waals surface area contributed by atoms with Gasteiger partial charge < -0.3 is 25.5 Å². The zero-order chi connectivity index (χ0) is 33.0. The highest BCUT2D eigenvalue weighted by molar-refractivity contribution is 5.92. The number of nitrogens with zero attached hydrogens (tertiary/aromatic N) is 4. The highest BCUT2D eigenvalue weighted by atomic mass is 19.1. The normalized spacial score (nSPS) is 19.3. The molecule has 2 aliphatic heterocycles. The fraction of sp³-hybridized carbons (Fsp3) is 0.400. The molecule has 11 heteroatoms. The third-order valence-electron chi connectivity index (χ3n) is 9.03. The van der Waals surface area contributed by atoms with Crippen LogP contribution in [0.1, 0.15) is 56.3 Å². The number of piperazine rings is 1. The van der Waals surface area contributed by atoms with Crippen LogP contribution in [0, 0.1) is 5.82 Å². The van der Waals surface area contributed by atoms with Gasteiger partial charge in [0, 0.05) is 26.1 Å². The lowest BCUT2D eigenvalue weighted by atomic mass is 9.96. The number of carbonyl (C=O) groups excluding carboxylic acids is 3. The van der Waals surface area contributed by atoms with E-state index in [1.165, 1.54) is 16.0 Å². The van der Waals surface area contributed by atoms with E-state index in [9.17, 15) is 23.9 Å². The van der Waals surface area contributed by atoms with Crippen molar-refractivity contribution in [2.24, 2.45) is 0 Å². The number of aromatic hydroxyl groups is 1. The first kappa shape index (κ1) is 32.7. The van der Waals surface area contributed by atoms with E-state index >= 15 is 0 Å². The molecule has 4 amide bonds. The molecular formula is C35H43FN6O4. The Labute approximate surface area is 269 Å². The minimum Gasteiger partial charge on any atom is -0.508 e. The predicted octanol–water partition coefficient (Wildman–Crippen LogP) is 4.87. The van der Waals surface area contributed by atoms with Crippen molar-refractivity contribution >= 4 is 23.5 Å². The lowest BCUT2D eigenvalue weighted by molar-refractivity contribution is -0.189. The van der Waals surface area contributed by atoms with Crippen molar-refractivity contribution in [2.75, 3.05) is 25.5 Å². The Kier molecular flexibility index (Phi) is 10.1. The molecule has 10 nitrogen and oxygen atoms in total. The van der Waals surface area contributed by atoms with E-state index in [0.29, 0.717) is 12.2 Å². The molecule has 2 heterocycles. The van der Waals surface area contributed by atoms with Gasteiger partial charge in [-0.25, -0.2) is 19.2 Å². The van der Waals surface area contributed by atoms with E-state index in [4.69, 9.17) is 0 Å². The first-order valence-corrected chi connectivity index (χ1v) is 15.9. The van der Waals surface area contributed by atoms with E-state index in [0.717, 1.165) is 29.5 Å². The zero-order valence-corrected chi connectivity index (χ0v) is 26.8. The minimum atomic E-state index is -0.904. The maximum Gasteiger partial charge on any atom is 0.334 e. The second-order valence-electron chi connectivity index (χ2n) is 12.0. The van der Waals surface area contributed by atoms with E-state index in [1.54, 1.807) is 53.4 Å². The summed E-state index contributed by atoms with van der Waals surface area (Å²) in [6.45, 7) is 6.25. The molecule has 0 aliphatic carbocycles. The highest BCUT2D eigenvalue weighted by Crippen LogP contribution is 2.34. The van der Waals surface area contributed by atoms with Gasteiger partial charge in [0.25, 0.3) is 0 Å². The molecule has 3 N–H and O–H groups in total. The Morgan fingerprint density at radius 1 is 1.00 bits per heavy atom. The average Bonchev–Trinajstić information content (AvgIpc) is 3.05. The third-order valence-corrected chi connectivity index (χ3v) is 9.03. The molecule has 2 saturated heterocycles. The molecule has 5 rings (SSSR count). The number of carbonyl (C=O) groups is 3. The summed E-state index contributed by atoms with van der Waals surface area (Å²) in [6, 6.07) is 19.2. The molecule has 3 atom stereocenters. The Bertz CT molecular complexity index is 1530. The van der Waals surface area contributed by atoms with Crippen molar-refractivity contribution in [1.82, 2.24) is 25.1 Å². The number of nitrogens with one attached hydrogen (secondary N) is 2. The summed E-state index contributed by atoms with van der Waals surface area (Å²) in [5.74, 6) is -0.802. The molecule has 3 aromatic rings.